The van der Waals surface area contributed by atoms with Crippen molar-refractivity contribution >= 4 is 22.0 Å². The molecule has 0 N–H and O–H groups in total. The molecule has 0 atom stereocenters. The van der Waals surface area contributed by atoms with Gasteiger partial charge in [-0.1, -0.05) is 27.6 Å². The minimum absolute atomic E-state index is 1.18. The van der Waals surface area contributed by atoms with Crippen LogP contribution in [0, 0.1) is 0 Å². The summed E-state index contributed by atoms with van der Waals surface area (Å²) in [6.45, 7) is 2.24. The van der Waals surface area contributed by atoms with Crippen LogP contribution in [0.15, 0.2) is 16.1 Å². The molecule has 2 aliphatic carbocycles. The Kier molecular flexibility index (Phi) is 2.24. The van der Waals surface area contributed by atoms with Crippen molar-refractivity contribution in [3.63, 3.8) is 0 Å². The minimum atomic E-state index is 1.18. The number of hydrogen-bond donors (Lipinski definition) is 0. The molecule has 0 heterocycles. The number of hydrogen-bond acceptors (Lipinski definition) is 0. The Bertz CT molecular complexity index is 455. The van der Waals surface area contributed by atoms with Crippen molar-refractivity contribution < 1.29 is 0 Å². The maximum Gasteiger partial charge on any atom is 0.0253 e. The molecule has 0 fully saturated rings. The number of rotatable bonds is 0. The molecule has 0 radical (unpaired) electrons. The van der Waals surface area contributed by atoms with E-state index >= 15 is 0 Å². The lowest BCUT2D eigenvalue weighted by atomic mass is 9.86. The van der Waals surface area contributed by atoms with Crippen molar-refractivity contribution in [2.24, 2.45) is 0 Å². The van der Waals surface area contributed by atoms with Gasteiger partial charge in [-0.3, -0.25) is 0 Å². The normalized spacial score (nSPS) is 18.4. The molecular formula is C14H15Br. The van der Waals surface area contributed by atoms with Crippen LogP contribution in [0.4, 0.5) is 0 Å². The number of allylic oxidation sites excluding steroid dienone is 1. The Morgan fingerprint density at radius 2 is 1.93 bits per heavy atom. The summed E-state index contributed by atoms with van der Waals surface area (Å²) >= 11 is 3.71. The van der Waals surface area contributed by atoms with Crippen LogP contribution in [0.5, 0.6) is 0 Å². The molecule has 0 amide bonds. The summed E-state index contributed by atoms with van der Waals surface area (Å²) < 4.78 is 1.30. The summed E-state index contributed by atoms with van der Waals surface area (Å²) in [5.74, 6) is 0. The quantitative estimate of drug-likeness (QED) is 0.655. The molecular weight excluding hydrogens is 248 g/mol. The number of halogens is 1. The van der Waals surface area contributed by atoms with E-state index in [9.17, 15) is 0 Å². The van der Waals surface area contributed by atoms with E-state index in [0.717, 1.165) is 0 Å². The highest BCUT2D eigenvalue weighted by molar-refractivity contribution is 9.10. The standard InChI is InChI=1S/C14H15Br/c1-9-6-12-11-5-3-2-4-10(11)8-14(15)13(12)7-9/h7-8H,2-6H2,1H3. The lowest BCUT2D eigenvalue weighted by Crippen LogP contribution is -2.07. The summed E-state index contributed by atoms with van der Waals surface area (Å²) in [6, 6.07) is 2.35. The zero-order chi connectivity index (χ0) is 10.4. The molecule has 78 valence electrons. The van der Waals surface area contributed by atoms with E-state index in [2.05, 4.69) is 35.0 Å². The fourth-order valence-corrected chi connectivity index (χ4v) is 3.53. The third-order valence-corrected chi connectivity index (χ3v) is 4.26. The van der Waals surface area contributed by atoms with Crippen LogP contribution in [0.3, 0.4) is 0 Å². The fraction of sp³-hybridized carbons (Fsp3) is 0.429. The number of aryl methyl sites for hydroxylation is 1. The first kappa shape index (κ1) is 9.65. The van der Waals surface area contributed by atoms with Crippen molar-refractivity contribution in [3.05, 3.63) is 38.4 Å². The van der Waals surface area contributed by atoms with Gasteiger partial charge < -0.3 is 0 Å². The molecule has 1 aromatic rings. The maximum absolute atomic E-state index is 3.71. The second-order valence-corrected chi connectivity index (χ2v) is 5.62. The van der Waals surface area contributed by atoms with E-state index < -0.39 is 0 Å². The zero-order valence-electron chi connectivity index (χ0n) is 9.07. The summed E-state index contributed by atoms with van der Waals surface area (Å²) in [4.78, 5) is 0. The average molecular weight is 263 g/mol. The molecule has 0 aliphatic heterocycles. The fourth-order valence-electron chi connectivity index (χ4n) is 2.90. The van der Waals surface area contributed by atoms with Crippen molar-refractivity contribution in [2.45, 2.75) is 39.0 Å². The van der Waals surface area contributed by atoms with Crippen molar-refractivity contribution in [3.8, 4) is 0 Å². The Labute approximate surface area is 99.5 Å². The third kappa shape index (κ3) is 1.48. The maximum atomic E-state index is 3.71. The van der Waals surface area contributed by atoms with Crippen LogP contribution in [0.2, 0.25) is 0 Å². The van der Waals surface area contributed by atoms with Gasteiger partial charge in [0, 0.05) is 4.47 Å². The Morgan fingerprint density at radius 3 is 2.80 bits per heavy atom. The van der Waals surface area contributed by atoms with Crippen molar-refractivity contribution in [1.82, 2.24) is 0 Å². The molecule has 0 bridgehead atoms. The molecule has 15 heavy (non-hydrogen) atoms. The summed E-state index contributed by atoms with van der Waals surface area (Å²) in [5.41, 5.74) is 7.82. The Morgan fingerprint density at radius 1 is 1.13 bits per heavy atom. The van der Waals surface area contributed by atoms with Crippen molar-refractivity contribution in [1.29, 1.82) is 0 Å². The van der Waals surface area contributed by atoms with Crippen LogP contribution >= 0.6 is 15.9 Å². The van der Waals surface area contributed by atoms with E-state index in [1.165, 1.54) is 47.7 Å². The second kappa shape index (κ2) is 3.48. The second-order valence-electron chi connectivity index (χ2n) is 4.76. The molecule has 0 nitrogen and oxygen atoms in total. The van der Waals surface area contributed by atoms with Crippen LogP contribution in [-0.4, -0.2) is 0 Å². The van der Waals surface area contributed by atoms with Gasteiger partial charge in [-0.15, -0.1) is 0 Å². The minimum Gasteiger partial charge on any atom is -0.0683 e. The topological polar surface area (TPSA) is 0 Å². The van der Waals surface area contributed by atoms with Gasteiger partial charge in [0.2, 0.25) is 0 Å². The largest absolute Gasteiger partial charge is 0.0683 e. The molecule has 0 saturated carbocycles. The van der Waals surface area contributed by atoms with Gasteiger partial charge in [-0.25, -0.2) is 0 Å². The van der Waals surface area contributed by atoms with Crippen LogP contribution in [-0.2, 0) is 19.3 Å². The smallest absolute Gasteiger partial charge is 0.0253 e. The highest BCUT2D eigenvalue weighted by atomic mass is 79.9. The predicted molar refractivity (Wildman–Crippen MR) is 68.1 cm³/mol. The summed E-state index contributed by atoms with van der Waals surface area (Å²) in [6.07, 6.45) is 8.84. The number of benzene rings is 1. The predicted octanol–water partition coefficient (Wildman–Crippen LogP) is 4.29. The lowest BCUT2D eigenvalue weighted by Gasteiger charge is -2.20. The van der Waals surface area contributed by atoms with E-state index in [4.69, 9.17) is 0 Å². The van der Waals surface area contributed by atoms with E-state index in [-0.39, 0.29) is 0 Å². The summed E-state index contributed by atoms with van der Waals surface area (Å²) in [7, 11) is 0. The van der Waals surface area contributed by atoms with Gasteiger partial charge in [-0.05, 0) is 67.3 Å². The first-order valence-corrected chi connectivity index (χ1v) is 6.55. The van der Waals surface area contributed by atoms with Gasteiger partial charge in [0.05, 0.1) is 0 Å². The monoisotopic (exact) mass is 262 g/mol. The Balaban J connectivity index is 2.22. The van der Waals surface area contributed by atoms with E-state index in [1.54, 1.807) is 16.7 Å². The molecule has 2 aliphatic rings. The molecule has 0 unspecified atom stereocenters. The highest BCUT2D eigenvalue weighted by Gasteiger charge is 2.21. The number of fused-ring (bicyclic) bond motifs is 3. The highest BCUT2D eigenvalue weighted by Crippen LogP contribution is 2.38. The zero-order valence-corrected chi connectivity index (χ0v) is 10.7. The van der Waals surface area contributed by atoms with E-state index in [1.807, 2.05) is 0 Å². The van der Waals surface area contributed by atoms with Gasteiger partial charge in [-0.2, -0.15) is 0 Å². The molecule has 3 rings (SSSR count). The molecule has 0 aromatic heterocycles. The molecule has 1 heteroatoms. The van der Waals surface area contributed by atoms with Gasteiger partial charge in [0.15, 0.2) is 0 Å². The third-order valence-electron chi connectivity index (χ3n) is 3.60. The van der Waals surface area contributed by atoms with Crippen LogP contribution < -0.4 is 0 Å². The molecule has 0 spiro atoms. The Hall–Kier alpha value is -0.560. The first-order chi connectivity index (χ1) is 7.25. The first-order valence-electron chi connectivity index (χ1n) is 5.76. The average Bonchev–Trinajstić information content (AvgIpc) is 2.61. The molecule has 1 aromatic carbocycles. The molecule has 0 saturated heterocycles. The van der Waals surface area contributed by atoms with Crippen LogP contribution in [0.1, 0.15) is 42.0 Å². The van der Waals surface area contributed by atoms with Gasteiger partial charge in [0.1, 0.15) is 0 Å². The summed E-state index contributed by atoms with van der Waals surface area (Å²) in [5, 5.41) is 0. The van der Waals surface area contributed by atoms with Crippen LogP contribution in [0.25, 0.3) is 6.08 Å². The van der Waals surface area contributed by atoms with E-state index in [0.29, 0.717) is 0 Å². The SMILES string of the molecule is CC1=Cc2c(Br)cc3c(c2C1)CCCC3. The van der Waals surface area contributed by atoms with Crippen molar-refractivity contribution in [2.75, 3.05) is 0 Å². The van der Waals surface area contributed by atoms with Gasteiger partial charge in [0.25, 0.3) is 0 Å². The lowest BCUT2D eigenvalue weighted by molar-refractivity contribution is 0.679. The van der Waals surface area contributed by atoms with Gasteiger partial charge >= 0.3 is 0 Å².